The monoisotopic (exact) mass is 333 g/mol. The maximum absolute atomic E-state index is 11.3. The van der Waals surface area contributed by atoms with Crippen molar-refractivity contribution in [2.24, 2.45) is 0 Å². The maximum Gasteiger partial charge on any atom is 0.315 e. The molecular formula is C14H27N3O4S. The van der Waals surface area contributed by atoms with Crippen LogP contribution in [0.25, 0.3) is 0 Å². The van der Waals surface area contributed by atoms with Crippen LogP contribution in [0.15, 0.2) is 0 Å². The summed E-state index contributed by atoms with van der Waals surface area (Å²) in [7, 11) is 0. The summed E-state index contributed by atoms with van der Waals surface area (Å²) in [5.74, 6) is 0.992. The lowest BCUT2D eigenvalue weighted by Gasteiger charge is -2.17. The standard InChI is InChI=1S/C14H27N3O4S/c18-6-8-21-7-5-15-12(19)4-2-1-3-11-13-10(9-22-11)16-14(20)17-13/h10-13,15,18-19H,1-9H2,(H2,16,17,20). The summed E-state index contributed by atoms with van der Waals surface area (Å²) in [6.45, 7) is 1.44. The van der Waals surface area contributed by atoms with E-state index in [1.165, 1.54) is 0 Å². The number of fused-ring (bicyclic) bond motifs is 1. The molecule has 22 heavy (non-hydrogen) atoms. The van der Waals surface area contributed by atoms with Crippen LogP contribution in [-0.2, 0) is 4.74 Å². The van der Waals surface area contributed by atoms with Crippen LogP contribution >= 0.6 is 11.8 Å². The van der Waals surface area contributed by atoms with Gasteiger partial charge in [-0.2, -0.15) is 11.8 Å². The molecule has 2 aliphatic heterocycles. The fraction of sp³-hybridized carbons (Fsp3) is 0.929. The van der Waals surface area contributed by atoms with E-state index in [1.807, 2.05) is 11.8 Å². The van der Waals surface area contributed by atoms with Gasteiger partial charge in [0.05, 0.1) is 31.9 Å². The van der Waals surface area contributed by atoms with Gasteiger partial charge in [0.1, 0.15) is 6.23 Å². The van der Waals surface area contributed by atoms with Crippen molar-refractivity contribution in [3.63, 3.8) is 0 Å². The van der Waals surface area contributed by atoms with Gasteiger partial charge in [-0.3, -0.25) is 5.32 Å². The quantitative estimate of drug-likeness (QED) is 0.201. The van der Waals surface area contributed by atoms with Crippen LogP contribution < -0.4 is 16.0 Å². The van der Waals surface area contributed by atoms with Crippen LogP contribution in [0.3, 0.4) is 0 Å². The SMILES string of the molecule is O=C1NC2CSC(CCCCC(O)NCCOCCO)C2N1. The molecule has 0 aromatic heterocycles. The van der Waals surface area contributed by atoms with Gasteiger partial charge in [0, 0.05) is 17.5 Å². The second-order valence-corrected chi connectivity index (χ2v) is 6.98. The summed E-state index contributed by atoms with van der Waals surface area (Å²) in [4.78, 5) is 11.3. The van der Waals surface area contributed by atoms with Crippen molar-refractivity contribution in [2.45, 2.75) is 49.2 Å². The highest BCUT2D eigenvalue weighted by Gasteiger charge is 2.42. The van der Waals surface area contributed by atoms with E-state index in [0.29, 0.717) is 25.0 Å². The molecule has 0 aliphatic carbocycles. The first kappa shape index (κ1) is 17.8. The van der Waals surface area contributed by atoms with Crippen molar-refractivity contribution in [1.82, 2.24) is 16.0 Å². The first-order valence-corrected chi connectivity index (χ1v) is 9.04. The number of aliphatic hydroxyl groups is 2. The number of amides is 2. The summed E-state index contributed by atoms with van der Waals surface area (Å²) in [5, 5.41) is 27.8. The van der Waals surface area contributed by atoms with Gasteiger partial charge in [0.25, 0.3) is 0 Å². The van der Waals surface area contributed by atoms with E-state index >= 15 is 0 Å². The molecule has 0 radical (unpaired) electrons. The van der Waals surface area contributed by atoms with Gasteiger partial charge in [-0.25, -0.2) is 4.79 Å². The van der Waals surface area contributed by atoms with Gasteiger partial charge in [-0.05, 0) is 19.3 Å². The Morgan fingerprint density at radius 3 is 3.05 bits per heavy atom. The number of rotatable bonds is 11. The fourth-order valence-corrected chi connectivity index (χ4v) is 4.44. The average Bonchev–Trinajstić information content (AvgIpc) is 3.03. The molecule has 2 amide bonds. The number of nitrogens with one attached hydrogen (secondary N) is 3. The topological polar surface area (TPSA) is 103 Å². The lowest BCUT2D eigenvalue weighted by Crippen LogP contribution is -2.36. The zero-order chi connectivity index (χ0) is 15.8. The van der Waals surface area contributed by atoms with Crippen LogP contribution in [-0.4, -0.2) is 71.9 Å². The fourth-order valence-electron chi connectivity index (χ4n) is 2.89. The number of unbranched alkanes of at least 4 members (excludes halogenated alkanes) is 1. The predicted octanol–water partition coefficient (Wildman–Crippen LogP) is -0.371. The largest absolute Gasteiger partial charge is 0.394 e. The highest BCUT2D eigenvalue weighted by atomic mass is 32.2. The van der Waals surface area contributed by atoms with Crippen LogP contribution in [0, 0.1) is 0 Å². The normalized spacial score (nSPS) is 28.3. The number of hydrogen-bond donors (Lipinski definition) is 5. The summed E-state index contributed by atoms with van der Waals surface area (Å²) >= 11 is 1.92. The molecule has 4 unspecified atom stereocenters. The third-order valence-electron chi connectivity index (χ3n) is 4.02. The third kappa shape index (κ3) is 5.58. The van der Waals surface area contributed by atoms with Gasteiger partial charge in [0.2, 0.25) is 0 Å². The Morgan fingerprint density at radius 2 is 2.23 bits per heavy atom. The molecule has 2 saturated heterocycles. The molecule has 2 rings (SSSR count). The molecule has 5 N–H and O–H groups in total. The van der Waals surface area contributed by atoms with Crippen molar-refractivity contribution in [2.75, 3.05) is 32.1 Å². The lowest BCUT2D eigenvalue weighted by molar-refractivity contribution is 0.0737. The van der Waals surface area contributed by atoms with E-state index in [0.717, 1.165) is 31.4 Å². The van der Waals surface area contributed by atoms with Crippen LogP contribution in [0.1, 0.15) is 25.7 Å². The van der Waals surface area contributed by atoms with E-state index in [-0.39, 0.29) is 24.7 Å². The van der Waals surface area contributed by atoms with Gasteiger partial charge < -0.3 is 25.6 Å². The minimum Gasteiger partial charge on any atom is -0.394 e. The second-order valence-electron chi connectivity index (χ2n) is 5.71. The molecule has 4 atom stereocenters. The van der Waals surface area contributed by atoms with E-state index in [2.05, 4.69) is 16.0 Å². The first-order chi connectivity index (χ1) is 10.7. The van der Waals surface area contributed by atoms with E-state index < -0.39 is 6.23 Å². The summed E-state index contributed by atoms with van der Waals surface area (Å²) in [6.07, 6.45) is 3.29. The Kier molecular flexibility index (Phi) is 7.74. The maximum atomic E-state index is 11.3. The number of carbonyl (C=O) groups excluding carboxylic acids is 1. The first-order valence-electron chi connectivity index (χ1n) is 7.99. The molecule has 7 nitrogen and oxygen atoms in total. The van der Waals surface area contributed by atoms with Gasteiger partial charge in [-0.1, -0.05) is 6.42 Å². The highest BCUT2D eigenvalue weighted by molar-refractivity contribution is 8.00. The second kappa shape index (κ2) is 9.57. The summed E-state index contributed by atoms with van der Waals surface area (Å²) in [6, 6.07) is 0.515. The molecule has 128 valence electrons. The van der Waals surface area contributed by atoms with Crippen molar-refractivity contribution < 1.29 is 19.7 Å². The number of aliphatic hydroxyl groups excluding tert-OH is 2. The zero-order valence-electron chi connectivity index (χ0n) is 12.8. The Bertz CT molecular complexity index is 348. The number of carbonyl (C=O) groups is 1. The minimum atomic E-state index is -0.505. The van der Waals surface area contributed by atoms with Crippen molar-refractivity contribution in [3.05, 3.63) is 0 Å². The molecular weight excluding hydrogens is 306 g/mol. The van der Waals surface area contributed by atoms with Crippen LogP contribution in [0.2, 0.25) is 0 Å². The predicted molar refractivity (Wildman–Crippen MR) is 85.9 cm³/mol. The number of ether oxygens (including phenoxy) is 1. The van der Waals surface area contributed by atoms with E-state index in [4.69, 9.17) is 9.84 Å². The van der Waals surface area contributed by atoms with Crippen molar-refractivity contribution >= 4 is 17.8 Å². The molecule has 2 fully saturated rings. The average molecular weight is 333 g/mol. The zero-order valence-corrected chi connectivity index (χ0v) is 13.6. The van der Waals surface area contributed by atoms with Crippen LogP contribution in [0.4, 0.5) is 4.79 Å². The summed E-state index contributed by atoms with van der Waals surface area (Å²) < 4.78 is 5.11. The molecule has 0 saturated carbocycles. The Morgan fingerprint density at radius 1 is 1.36 bits per heavy atom. The number of thioether (sulfide) groups is 1. The van der Waals surface area contributed by atoms with Gasteiger partial charge in [-0.15, -0.1) is 0 Å². The van der Waals surface area contributed by atoms with Gasteiger partial charge in [0.15, 0.2) is 0 Å². The highest BCUT2D eigenvalue weighted by Crippen LogP contribution is 2.33. The Balaban J connectivity index is 1.48. The summed E-state index contributed by atoms with van der Waals surface area (Å²) in [5.41, 5.74) is 0. The molecule has 2 heterocycles. The van der Waals surface area contributed by atoms with Crippen molar-refractivity contribution in [1.29, 1.82) is 0 Å². The smallest absolute Gasteiger partial charge is 0.315 e. The minimum absolute atomic E-state index is 0.0273. The molecule has 0 spiro atoms. The lowest BCUT2D eigenvalue weighted by atomic mass is 10.0. The number of hydrogen-bond acceptors (Lipinski definition) is 6. The molecule has 8 heteroatoms. The van der Waals surface area contributed by atoms with Crippen molar-refractivity contribution in [3.8, 4) is 0 Å². The number of urea groups is 1. The third-order valence-corrected chi connectivity index (χ3v) is 5.52. The van der Waals surface area contributed by atoms with Gasteiger partial charge >= 0.3 is 6.03 Å². The molecule has 0 aromatic carbocycles. The molecule has 2 aliphatic rings. The molecule has 0 aromatic rings. The van der Waals surface area contributed by atoms with E-state index in [1.54, 1.807) is 0 Å². The Labute approximate surface area is 135 Å². The Hall–Kier alpha value is -0.540. The van der Waals surface area contributed by atoms with Crippen LogP contribution in [0.5, 0.6) is 0 Å². The van der Waals surface area contributed by atoms with E-state index in [9.17, 15) is 9.90 Å². The molecule has 0 bridgehead atoms.